The summed E-state index contributed by atoms with van der Waals surface area (Å²) < 4.78 is 54.5. The Morgan fingerprint density at radius 1 is 1.38 bits per heavy atom. The Hall–Kier alpha value is -1.59. The standard InChI is InChI=1S/C10H8F4O2/c1-2-16-9(15)7-5-6(11)3-4-8(7)10(12,13)14/h3-5H,2H2,1H3. The van der Waals surface area contributed by atoms with Crippen LogP contribution in [0.5, 0.6) is 0 Å². The summed E-state index contributed by atoms with van der Waals surface area (Å²) in [6.45, 7) is 1.37. The van der Waals surface area contributed by atoms with Crippen molar-refractivity contribution >= 4 is 5.97 Å². The van der Waals surface area contributed by atoms with Gasteiger partial charge in [0, 0.05) is 0 Å². The van der Waals surface area contributed by atoms with Gasteiger partial charge in [0.05, 0.1) is 17.7 Å². The number of halogens is 4. The normalized spacial score (nSPS) is 11.3. The minimum atomic E-state index is -4.71. The maximum atomic E-state index is 12.8. The minimum Gasteiger partial charge on any atom is -0.462 e. The number of esters is 1. The second kappa shape index (κ2) is 4.51. The van der Waals surface area contributed by atoms with E-state index >= 15 is 0 Å². The van der Waals surface area contributed by atoms with E-state index in [4.69, 9.17) is 0 Å². The Labute approximate surface area is 88.8 Å². The lowest BCUT2D eigenvalue weighted by molar-refractivity contribution is -0.138. The smallest absolute Gasteiger partial charge is 0.417 e. The highest BCUT2D eigenvalue weighted by atomic mass is 19.4. The van der Waals surface area contributed by atoms with Gasteiger partial charge in [0.25, 0.3) is 0 Å². The van der Waals surface area contributed by atoms with Crippen molar-refractivity contribution in [1.82, 2.24) is 0 Å². The summed E-state index contributed by atoms with van der Waals surface area (Å²) in [4.78, 5) is 11.2. The van der Waals surface area contributed by atoms with Crippen molar-refractivity contribution in [3.63, 3.8) is 0 Å². The molecule has 1 rings (SSSR count). The zero-order valence-electron chi connectivity index (χ0n) is 8.27. The second-order valence-corrected chi connectivity index (χ2v) is 2.91. The van der Waals surface area contributed by atoms with E-state index in [-0.39, 0.29) is 6.61 Å². The van der Waals surface area contributed by atoms with Crippen molar-refractivity contribution in [2.24, 2.45) is 0 Å². The number of carbonyl (C=O) groups is 1. The fourth-order valence-electron chi connectivity index (χ4n) is 1.14. The van der Waals surface area contributed by atoms with Crippen LogP contribution in [0.25, 0.3) is 0 Å². The summed E-state index contributed by atoms with van der Waals surface area (Å²) in [7, 11) is 0. The second-order valence-electron chi connectivity index (χ2n) is 2.91. The molecule has 0 atom stereocenters. The molecule has 0 unspecified atom stereocenters. The van der Waals surface area contributed by atoms with Crippen molar-refractivity contribution in [1.29, 1.82) is 0 Å². The van der Waals surface area contributed by atoms with Gasteiger partial charge in [-0.3, -0.25) is 0 Å². The molecule has 0 aliphatic heterocycles. The summed E-state index contributed by atoms with van der Waals surface area (Å²) in [5, 5.41) is 0. The van der Waals surface area contributed by atoms with Gasteiger partial charge in [-0.25, -0.2) is 9.18 Å². The largest absolute Gasteiger partial charge is 0.462 e. The van der Waals surface area contributed by atoms with Gasteiger partial charge in [0.2, 0.25) is 0 Å². The van der Waals surface area contributed by atoms with E-state index in [9.17, 15) is 22.4 Å². The van der Waals surface area contributed by atoms with Crippen LogP contribution in [0.3, 0.4) is 0 Å². The minimum absolute atomic E-state index is 0.0767. The van der Waals surface area contributed by atoms with Crippen LogP contribution in [0.4, 0.5) is 17.6 Å². The van der Waals surface area contributed by atoms with E-state index in [0.29, 0.717) is 18.2 Å². The van der Waals surface area contributed by atoms with Crippen molar-refractivity contribution in [2.45, 2.75) is 13.1 Å². The third kappa shape index (κ3) is 2.71. The maximum Gasteiger partial charge on any atom is 0.417 e. The first-order valence-corrected chi connectivity index (χ1v) is 4.40. The highest BCUT2D eigenvalue weighted by Crippen LogP contribution is 2.32. The van der Waals surface area contributed by atoms with Crippen LogP contribution in [-0.2, 0) is 10.9 Å². The molecule has 1 aromatic carbocycles. The fraction of sp³-hybridized carbons (Fsp3) is 0.300. The fourth-order valence-corrected chi connectivity index (χ4v) is 1.14. The Morgan fingerprint density at radius 3 is 2.50 bits per heavy atom. The SMILES string of the molecule is CCOC(=O)c1cc(F)ccc1C(F)(F)F. The zero-order chi connectivity index (χ0) is 12.3. The average Bonchev–Trinajstić information content (AvgIpc) is 2.16. The maximum absolute atomic E-state index is 12.8. The van der Waals surface area contributed by atoms with Crippen molar-refractivity contribution in [2.75, 3.05) is 6.61 Å². The predicted molar refractivity (Wildman–Crippen MR) is 47.4 cm³/mol. The molecule has 0 aromatic heterocycles. The van der Waals surface area contributed by atoms with Crippen molar-refractivity contribution < 1.29 is 27.1 Å². The number of hydrogen-bond acceptors (Lipinski definition) is 2. The van der Waals surface area contributed by atoms with Crippen LogP contribution in [0.15, 0.2) is 18.2 Å². The van der Waals surface area contributed by atoms with E-state index < -0.39 is 29.1 Å². The van der Waals surface area contributed by atoms with Gasteiger partial charge < -0.3 is 4.74 Å². The Balaban J connectivity index is 3.24. The molecule has 1 aromatic rings. The molecule has 0 fully saturated rings. The third-order valence-corrected chi connectivity index (χ3v) is 1.78. The van der Waals surface area contributed by atoms with Gasteiger partial charge in [-0.05, 0) is 25.1 Å². The van der Waals surface area contributed by atoms with Crippen LogP contribution in [-0.4, -0.2) is 12.6 Å². The van der Waals surface area contributed by atoms with Crippen LogP contribution in [0.2, 0.25) is 0 Å². The van der Waals surface area contributed by atoms with Gasteiger partial charge in [-0.15, -0.1) is 0 Å². The number of hydrogen-bond donors (Lipinski definition) is 0. The van der Waals surface area contributed by atoms with Crippen molar-refractivity contribution in [3.05, 3.63) is 35.1 Å². The molecule has 6 heteroatoms. The Morgan fingerprint density at radius 2 is 2.00 bits per heavy atom. The lowest BCUT2D eigenvalue weighted by Crippen LogP contribution is -2.15. The van der Waals surface area contributed by atoms with Crippen molar-refractivity contribution in [3.8, 4) is 0 Å². The van der Waals surface area contributed by atoms with Crippen LogP contribution < -0.4 is 0 Å². The quantitative estimate of drug-likeness (QED) is 0.582. The molecule has 16 heavy (non-hydrogen) atoms. The van der Waals surface area contributed by atoms with E-state index in [1.54, 1.807) is 0 Å². The number of alkyl halides is 3. The van der Waals surface area contributed by atoms with Gasteiger partial charge in [0.15, 0.2) is 0 Å². The number of rotatable bonds is 2. The zero-order valence-corrected chi connectivity index (χ0v) is 8.27. The number of carbonyl (C=O) groups excluding carboxylic acids is 1. The van der Waals surface area contributed by atoms with Crippen LogP contribution >= 0.6 is 0 Å². The first-order valence-electron chi connectivity index (χ1n) is 4.40. The summed E-state index contributed by atoms with van der Waals surface area (Å²) in [5.41, 5.74) is -2.01. The average molecular weight is 236 g/mol. The van der Waals surface area contributed by atoms with Gasteiger partial charge in [-0.2, -0.15) is 13.2 Å². The molecule has 0 heterocycles. The molecule has 2 nitrogen and oxygen atoms in total. The van der Waals surface area contributed by atoms with E-state index in [1.807, 2.05) is 0 Å². The highest BCUT2D eigenvalue weighted by Gasteiger charge is 2.35. The number of ether oxygens (including phenoxy) is 1. The summed E-state index contributed by atoms with van der Waals surface area (Å²) in [5.74, 6) is -2.11. The molecule has 0 amide bonds. The van der Waals surface area contributed by atoms with Gasteiger partial charge in [0.1, 0.15) is 5.82 Å². The van der Waals surface area contributed by atoms with Crippen LogP contribution in [0, 0.1) is 5.82 Å². The molecule has 0 saturated heterocycles. The summed E-state index contributed by atoms with van der Waals surface area (Å²) in [6, 6.07) is 1.67. The predicted octanol–water partition coefficient (Wildman–Crippen LogP) is 3.02. The van der Waals surface area contributed by atoms with Gasteiger partial charge >= 0.3 is 12.1 Å². The van der Waals surface area contributed by atoms with Crippen LogP contribution in [0.1, 0.15) is 22.8 Å². The Bertz CT molecular complexity index is 398. The molecule has 88 valence electrons. The molecule has 0 radical (unpaired) electrons. The molecule has 0 bridgehead atoms. The molecular weight excluding hydrogens is 228 g/mol. The summed E-state index contributed by atoms with van der Waals surface area (Å²) >= 11 is 0. The monoisotopic (exact) mass is 236 g/mol. The van der Waals surface area contributed by atoms with E-state index in [1.165, 1.54) is 6.92 Å². The topological polar surface area (TPSA) is 26.3 Å². The molecule has 0 aliphatic rings. The van der Waals surface area contributed by atoms with Gasteiger partial charge in [-0.1, -0.05) is 0 Å². The highest BCUT2D eigenvalue weighted by molar-refractivity contribution is 5.91. The number of benzene rings is 1. The third-order valence-electron chi connectivity index (χ3n) is 1.78. The first-order chi connectivity index (χ1) is 7.36. The lowest BCUT2D eigenvalue weighted by atomic mass is 10.1. The Kier molecular flexibility index (Phi) is 3.51. The molecule has 0 aliphatic carbocycles. The molecular formula is C10H8F4O2. The summed E-state index contributed by atoms with van der Waals surface area (Å²) in [6.07, 6.45) is -4.71. The molecule has 0 saturated carbocycles. The molecule has 0 N–H and O–H groups in total. The van der Waals surface area contributed by atoms with E-state index in [2.05, 4.69) is 4.74 Å². The lowest BCUT2D eigenvalue weighted by Gasteiger charge is -2.11. The van der Waals surface area contributed by atoms with E-state index in [0.717, 1.165) is 0 Å². The first kappa shape index (κ1) is 12.5. The molecule has 0 spiro atoms.